The molecule has 0 bridgehead atoms. The van der Waals surface area contributed by atoms with Crippen LogP contribution in [0.25, 0.3) is 11.0 Å². The highest BCUT2D eigenvalue weighted by Crippen LogP contribution is 2.25. The van der Waals surface area contributed by atoms with Crippen molar-refractivity contribution in [3.8, 4) is 0 Å². The minimum atomic E-state index is 0.711. The third kappa shape index (κ3) is 3.06. The van der Waals surface area contributed by atoms with Gasteiger partial charge in [-0.3, -0.25) is 0 Å². The van der Waals surface area contributed by atoms with Crippen molar-refractivity contribution >= 4 is 46.0 Å². The molecule has 0 saturated carbocycles. The van der Waals surface area contributed by atoms with Gasteiger partial charge in [-0.1, -0.05) is 47.1 Å². The summed E-state index contributed by atoms with van der Waals surface area (Å²) in [4.78, 5) is 7.76. The number of fused-ring (bicyclic) bond motifs is 1. The van der Waals surface area contributed by atoms with E-state index in [4.69, 9.17) is 23.2 Å². The van der Waals surface area contributed by atoms with Gasteiger partial charge in [0.15, 0.2) is 5.16 Å². The Bertz CT molecular complexity index is 724. The standard InChI is InChI=1S/C14H10Cl2N2S/c15-10-3-1-2-9(6-10)8-19-14-17-12-5-4-11(16)7-13(12)18-14/h1-7H,8H2,(H,17,18). The second-order valence-corrected chi connectivity index (χ2v) is 5.96. The predicted molar refractivity (Wildman–Crippen MR) is 82.1 cm³/mol. The molecule has 19 heavy (non-hydrogen) atoms. The first-order valence-corrected chi connectivity index (χ1v) is 7.47. The fourth-order valence-electron chi connectivity index (χ4n) is 1.81. The summed E-state index contributed by atoms with van der Waals surface area (Å²) in [5.41, 5.74) is 3.06. The molecule has 0 unspecified atom stereocenters. The Hall–Kier alpha value is -1.16. The van der Waals surface area contributed by atoms with Gasteiger partial charge < -0.3 is 4.98 Å². The van der Waals surface area contributed by atoms with Crippen LogP contribution in [0.5, 0.6) is 0 Å². The molecule has 1 aromatic heterocycles. The highest BCUT2D eigenvalue weighted by Gasteiger charge is 2.04. The quantitative estimate of drug-likeness (QED) is 0.677. The van der Waals surface area contributed by atoms with Crippen molar-refractivity contribution in [3.05, 3.63) is 58.1 Å². The van der Waals surface area contributed by atoms with Crippen molar-refractivity contribution < 1.29 is 0 Å². The molecule has 2 aromatic carbocycles. The molecule has 0 aliphatic heterocycles. The maximum absolute atomic E-state index is 5.96. The monoisotopic (exact) mass is 308 g/mol. The fourth-order valence-corrected chi connectivity index (χ4v) is 3.02. The lowest BCUT2D eigenvalue weighted by atomic mass is 10.2. The van der Waals surface area contributed by atoms with Crippen molar-refractivity contribution in [3.63, 3.8) is 0 Å². The number of aromatic nitrogens is 2. The zero-order valence-corrected chi connectivity index (χ0v) is 12.2. The van der Waals surface area contributed by atoms with Gasteiger partial charge in [-0.2, -0.15) is 0 Å². The van der Waals surface area contributed by atoms with E-state index in [1.54, 1.807) is 11.8 Å². The molecule has 0 atom stereocenters. The topological polar surface area (TPSA) is 28.7 Å². The Morgan fingerprint density at radius 2 is 1.89 bits per heavy atom. The average Bonchev–Trinajstić information content (AvgIpc) is 2.78. The summed E-state index contributed by atoms with van der Waals surface area (Å²) in [6.45, 7) is 0. The van der Waals surface area contributed by atoms with Gasteiger partial charge in [0.25, 0.3) is 0 Å². The van der Waals surface area contributed by atoms with Gasteiger partial charge in [0.1, 0.15) is 0 Å². The second-order valence-electron chi connectivity index (χ2n) is 4.12. The summed E-state index contributed by atoms with van der Waals surface area (Å²) in [7, 11) is 0. The average molecular weight is 309 g/mol. The summed E-state index contributed by atoms with van der Waals surface area (Å²) in [5.74, 6) is 0.827. The van der Waals surface area contributed by atoms with E-state index in [0.717, 1.165) is 27.0 Å². The summed E-state index contributed by atoms with van der Waals surface area (Å²) in [6, 6.07) is 13.5. The first kappa shape index (κ1) is 12.9. The van der Waals surface area contributed by atoms with E-state index in [1.165, 1.54) is 5.56 Å². The van der Waals surface area contributed by atoms with Gasteiger partial charge in [-0.15, -0.1) is 0 Å². The number of benzene rings is 2. The van der Waals surface area contributed by atoms with Crippen LogP contribution in [0, 0.1) is 0 Å². The minimum Gasteiger partial charge on any atom is -0.333 e. The molecule has 2 nitrogen and oxygen atoms in total. The van der Waals surface area contributed by atoms with Crippen molar-refractivity contribution in [1.29, 1.82) is 0 Å². The van der Waals surface area contributed by atoms with Gasteiger partial charge in [0.05, 0.1) is 11.0 Å². The molecule has 1 N–H and O–H groups in total. The molecule has 3 rings (SSSR count). The molecule has 0 radical (unpaired) electrons. The van der Waals surface area contributed by atoms with Crippen molar-refractivity contribution in [1.82, 2.24) is 9.97 Å². The predicted octanol–water partition coefficient (Wildman–Crippen LogP) is 5.16. The zero-order chi connectivity index (χ0) is 13.2. The Morgan fingerprint density at radius 3 is 2.74 bits per heavy atom. The largest absolute Gasteiger partial charge is 0.333 e. The molecule has 1 heterocycles. The second kappa shape index (κ2) is 5.45. The maximum Gasteiger partial charge on any atom is 0.166 e. The van der Waals surface area contributed by atoms with Gasteiger partial charge in [-0.05, 0) is 35.9 Å². The number of rotatable bonds is 3. The van der Waals surface area contributed by atoms with Gasteiger partial charge in [0, 0.05) is 15.8 Å². The Kier molecular flexibility index (Phi) is 3.69. The molecule has 0 fully saturated rings. The zero-order valence-electron chi connectivity index (χ0n) is 9.86. The number of aromatic amines is 1. The fraction of sp³-hybridized carbons (Fsp3) is 0.0714. The lowest BCUT2D eigenvalue weighted by molar-refractivity contribution is 1.08. The maximum atomic E-state index is 5.96. The van der Waals surface area contributed by atoms with Crippen molar-refractivity contribution in [2.24, 2.45) is 0 Å². The van der Waals surface area contributed by atoms with Crippen LogP contribution in [0.1, 0.15) is 5.56 Å². The Balaban J connectivity index is 1.78. The van der Waals surface area contributed by atoms with Gasteiger partial charge in [0.2, 0.25) is 0 Å². The minimum absolute atomic E-state index is 0.711. The summed E-state index contributed by atoms with van der Waals surface area (Å²) in [6.07, 6.45) is 0. The normalized spacial score (nSPS) is 11.1. The smallest absolute Gasteiger partial charge is 0.166 e. The van der Waals surface area contributed by atoms with Crippen LogP contribution < -0.4 is 0 Å². The van der Waals surface area contributed by atoms with E-state index in [-0.39, 0.29) is 0 Å². The van der Waals surface area contributed by atoms with E-state index in [0.29, 0.717) is 5.02 Å². The highest BCUT2D eigenvalue weighted by atomic mass is 35.5. The lowest BCUT2D eigenvalue weighted by Gasteiger charge is -1.99. The summed E-state index contributed by atoms with van der Waals surface area (Å²) >= 11 is 13.6. The molecule has 5 heteroatoms. The van der Waals surface area contributed by atoms with Crippen LogP contribution in [0.15, 0.2) is 47.6 Å². The van der Waals surface area contributed by atoms with E-state index < -0.39 is 0 Å². The number of thioether (sulfide) groups is 1. The highest BCUT2D eigenvalue weighted by molar-refractivity contribution is 7.98. The molecule has 0 amide bonds. The molecule has 3 aromatic rings. The van der Waals surface area contributed by atoms with E-state index in [9.17, 15) is 0 Å². The molecule has 0 spiro atoms. The van der Waals surface area contributed by atoms with Crippen LogP contribution in [0.4, 0.5) is 0 Å². The number of nitrogens with one attached hydrogen (secondary N) is 1. The van der Waals surface area contributed by atoms with E-state index in [1.807, 2.05) is 36.4 Å². The van der Waals surface area contributed by atoms with Crippen molar-refractivity contribution in [2.45, 2.75) is 10.9 Å². The van der Waals surface area contributed by atoms with Gasteiger partial charge >= 0.3 is 0 Å². The molecule has 0 aliphatic carbocycles. The van der Waals surface area contributed by atoms with E-state index >= 15 is 0 Å². The molecular formula is C14H10Cl2N2S. The van der Waals surface area contributed by atoms with Gasteiger partial charge in [-0.25, -0.2) is 4.98 Å². The number of imidazole rings is 1. The first-order valence-electron chi connectivity index (χ1n) is 5.73. The summed E-state index contributed by atoms with van der Waals surface area (Å²) < 4.78 is 0. The Labute approximate surface area is 125 Å². The SMILES string of the molecule is Clc1cccc(CSc2nc3ccc(Cl)cc3[nH]2)c1. The number of H-pyrrole nitrogens is 1. The van der Waals surface area contributed by atoms with Crippen LogP contribution in [0.2, 0.25) is 10.0 Å². The van der Waals surface area contributed by atoms with E-state index in [2.05, 4.69) is 16.0 Å². The number of nitrogens with zero attached hydrogens (tertiary/aromatic N) is 1. The van der Waals surface area contributed by atoms with Crippen molar-refractivity contribution in [2.75, 3.05) is 0 Å². The number of halogens is 2. The molecule has 96 valence electrons. The molecule has 0 aliphatic rings. The molecular weight excluding hydrogens is 299 g/mol. The Morgan fingerprint density at radius 1 is 1.05 bits per heavy atom. The number of hydrogen-bond donors (Lipinski definition) is 1. The lowest BCUT2D eigenvalue weighted by Crippen LogP contribution is -1.81. The first-order chi connectivity index (χ1) is 9.20. The van der Waals surface area contributed by atoms with Crippen LogP contribution in [-0.2, 0) is 5.75 Å². The third-order valence-electron chi connectivity index (χ3n) is 2.69. The van der Waals surface area contributed by atoms with Crippen LogP contribution >= 0.6 is 35.0 Å². The van der Waals surface area contributed by atoms with Crippen LogP contribution in [0.3, 0.4) is 0 Å². The summed E-state index contributed by atoms with van der Waals surface area (Å²) in [5, 5.41) is 2.36. The third-order valence-corrected chi connectivity index (χ3v) is 4.10. The number of hydrogen-bond acceptors (Lipinski definition) is 2. The van der Waals surface area contributed by atoms with Crippen LogP contribution in [-0.4, -0.2) is 9.97 Å². The molecule has 0 saturated heterocycles.